The number of nitriles is 1. The van der Waals surface area contributed by atoms with Gasteiger partial charge in [0.25, 0.3) is 0 Å². The standard InChI is InChI=1S/C16H19IN2OS/c17-13-5-7-14(8-6-13)21-11-12-3-1-2-4-15(12)16(20)19-10-9-18/h5-8,12,15H,1-4,10-11H2,(H,19,20). The van der Waals surface area contributed by atoms with Crippen LogP contribution in [0.4, 0.5) is 0 Å². The molecule has 1 fully saturated rings. The largest absolute Gasteiger partial charge is 0.343 e. The third kappa shape index (κ3) is 5.19. The predicted molar refractivity (Wildman–Crippen MR) is 94.0 cm³/mol. The molecule has 2 unspecified atom stereocenters. The van der Waals surface area contributed by atoms with Crippen molar-refractivity contribution in [3.63, 3.8) is 0 Å². The van der Waals surface area contributed by atoms with Gasteiger partial charge in [-0.2, -0.15) is 5.26 Å². The number of carbonyl (C=O) groups excluding carboxylic acids is 1. The molecule has 1 saturated carbocycles. The molecule has 0 saturated heterocycles. The van der Waals surface area contributed by atoms with E-state index in [2.05, 4.69) is 52.2 Å². The van der Waals surface area contributed by atoms with Crippen LogP contribution in [0.2, 0.25) is 0 Å². The van der Waals surface area contributed by atoms with E-state index in [1.165, 1.54) is 14.9 Å². The average Bonchev–Trinajstić information content (AvgIpc) is 2.52. The van der Waals surface area contributed by atoms with Crippen LogP contribution in [-0.4, -0.2) is 18.2 Å². The Balaban J connectivity index is 1.91. The first kappa shape index (κ1) is 16.6. The van der Waals surface area contributed by atoms with Crippen molar-refractivity contribution in [1.82, 2.24) is 5.32 Å². The van der Waals surface area contributed by atoms with E-state index in [1.807, 2.05) is 17.8 Å². The first-order valence-electron chi connectivity index (χ1n) is 7.23. The number of thioether (sulfide) groups is 1. The van der Waals surface area contributed by atoms with Gasteiger partial charge in [0, 0.05) is 20.1 Å². The number of hydrogen-bond donors (Lipinski definition) is 1. The summed E-state index contributed by atoms with van der Waals surface area (Å²) in [5.41, 5.74) is 0. The van der Waals surface area contributed by atoms with Gasteiger partial charge in [0.2, 0.25) is 5.91 Å². The zero-order chi connectivity index (χ0) is 15.1. The van der Waals surface area contributed by atoms with Crippen LogP contribution in [0.15, 0.2) is 29.2 Å². The molecule has 1 N–H and O–H groups in total. The summed E-state index contributed by atoms with van der Waals surface area (Å²) in [7, 11) is 0. The normalized spacial score (nSPS) is 21.5. The van der Waals surface area contributed by atoms with Crippen LogP contribution in [-0.2, 0) is 4.79 Å². The van der Waals surface area contributed by atoms with Gasteiger partial charge in [-0.05, 0) is 65.6 Å². The van der Waals surface area contributed by atoms with E-state index in [0.29, 0.717) is 5.92 Å². The highest BCUT2D eigenvalue weighted by Gasteiger charge is 2.30. The molecule has 1 aliphatic rings. The molecule has 2 atom stereocenters. The van der Waals surface area contributed by atoms with Crippen molar-refractivity contribution in [1.29, 1.82) is 5.26 Å². The highest BCUT2D eigenvalue weighted by atomic mass is 127. The van der Waals surface area contributed by atoms with Crippen molar-refractivity contribution in [3.05, 3.63) is 27.8 Å². The third-order valence-corrected chi connectivity index (χ3v) is 5.78. The summed E-state index contributed by atoms with van der Waals surface area (Å²) in [6.45, 7) is 0.117. The maximum atomic E-state index is 12.2. The molecule has 21 heavy (non-hydrogen) atoms. The lowest BCUT2D eigenvalue weighted by Gasteiger charge is -2.30. The van der Waals surface area contributed by atoms with Crippen molar-refractivity contribution >= 4 is 40.3 Å². The minimum atomic E-state index is 0.0597. The van der Waals surface area contributed by atoms with E-state index in [1.54, 1.807) is 0 Å². The fourth-order valence-electron chi connectivity index (χ4n) is 2.74. The molecule has 1 aromatic rings. The second-order valence-corrected chi connectivity index (χ2v) is 7.63. The lowest BCUT2D eigenvalue weighted by atomic mass is 9.80. The number of nitrogens with zero attached hydrogens (tertiary/aromatic N) is 1. The molecule has 5 heteroatoms. The highest BCUT2D eigenvalue weighted by molar-refractivity contribution is 14.1. The average molecular weight is 414 g/mol. The van der Waals surface area contributed by atoms with E-state index < -0.39 is 0 Å². The SMILES string of the molecule is N#CCNC(=O)C1CCCCC1CSc1ccc(I)cc1. The Morgan fingerprint density at radius 3 is 2.76 bits per heavy atom. The van der Waals surface area contributed by atoms with Gasteiger partial charge < -0.3 is 5.32 Å². The lowest BCUT2D eigenvalue weighted by molar-refractivity contribution is -0.127. The van der Waals surface area contributed by atoms with Gasteiger partial charge in [0.05, 0.1) is 6.07 Å². The van der Waals surface area contributed by atoms with Gasteiger partial charge in [0.1, 0.15) is 6.54 Å². The molecule has 0 heterocycles. The second kappa shape index (κ2) is 8.64. The Bertz CT molecular complexity index is 512. The van der Waals surface area contributed by atoms with Gasteiger partial charge >= 0.3 is 0 Å². The topological polar surface area (TPSA) is 52.9 Å². The number of carbonyl (C=O) groups is 1. The minimum Gasteiger partial charge on any atom is -0.343 e. The molecule has 2 rings (SSSR count). The predicted octanol–water partition coefficient (Wildman–Crippen LogP) is 3.83. The summed E-state index contributed by atoms with van der Waals surface area (Å²) < 4.78 is 1.24. The molecule has 3 nitrogen and oxygen atoms in total. The number of rotatable bonds is 5. The quantitative estimate of drug-likeness (QED) is 0.453. The molecular formula is C16H19IN2OS. The van der Waals surface area contributed by atoms with Crippen molar-refractivity contribution in [2.24, 2.45) is 11.8 Å². The van der Waals surface area contributed by atoms with E-state index in [4.69, 9.17) is 5.26 Å². The summed E-state index contributed by atoms with van der Waals surface area (Å²) in [6.07, 6.45) is 4.40. The van der Waals surface area contributed by atoms with Crippen LogP contribution in [0.25, 0.3) is 0 Å². The molecular weight excluding hydrogens is 395 g/mol. The summed E-state index contributed by atoms with van der Waals surface area (Å²) in [5.74, 6) is 1.53. The summed E-state index contributed by atoms with van der Waals surface area (Å²) in [4.78, 5) is 13.4. The van der Waals surface area contributed by atoms with E-state index >= 15 is 0 Å². The molecule has 0 aromatic heterocycles. The number of nitrogens with one attached hydrogen (secondary N) is 1. The number of benzene rings is 1. The summed E-state index contributed by atoms with van der Waals surface area (Å²) in [5, 5.41) is 11.3. The molecule has 0 bridgehead atoms. The number of amides is 1. The van der Waals surface area contributed by atoms with Crippen LogP contribution in [0.5, 0.6) is 0 Å². The molecule has 1 aromatic carbocycles. The summed E-state index contributed by atoms with van der Waals surface area (Å²) >= 11 is 4.14. The monoisotopic (exact) mass is 414 g/mol. The zero-order valence-electron chi connectivity index (χ0n) is 11.8. The molecule has 112 valence electrons. The van der Waals surface area contributed by atoms with Gasteiger partial charge in [-0.3, -0.25) is 4.79 Å². The zero-order valence-corrected chi connectivity index (χ0v) is 14.8. The Morgan fingerprint density at radius 1 is 1.33 bits per heavy atom. The molecule has 0 radical (unpaired) electrons. The summed E-state index contributed by atoms with van der Waals surface area (Å²) in [6, 6.07) is 10.5. The first-order chi connectivity index (χ1) is 10.2. The van der Waals surface area contributed by atoms with Gasteiger partial charge in [-0.25, -0.2) is 0 Å². The lowest BCUT2D eigenvalue weighted by Crippen LogP contribution is -2.37. The van der Waals surface area contributed by atoms with E-state index in [9.17, 15) is 4.79 Å². The second-order valence-electron chi connectivity index (χ2n) is 5.29. The van der Waals surface area contributed by atoms with Gasteiger partial charge in [-0.15, -0.1) is 11.8 Å². The fraction of sp³-hybridized carbons (Fsp3) is 0.500. The Morgan fingerprint density at radius 2 is 2.05 bits per heavy atom. The van der Waals surface area contributed by atoms with Crippen molar-refractivity contribution in [2.75, 3.05) is 12.3 Å². The van der Waals surface area contributed by atoms with Crippen LogP contribution < -0.4 is 5.32 Å². The molecule has 0 aliphatic heterocycles. The fourth-order valence-corrected chi connectivity index (χ4v) is 4.24. The van der Waals surface area contributed by atoms with Crippen LogP contribution in [0.3, 0.4) is 0 Å². The van der Waals surface area contributed by atoms with Crippen molar-refractivity contribution in [3.8, 4) is 6.07 Å². The number of halogens is 1. The molecule has 1 amide bonds. The number of hydrogen-bond acceptors (Lipinski definition) is 3. The van der Waals surface area contributed by atoms with Crippen LogP contribution >= 0.6 is 34.4 Å². The molecule has 1 aliphatic carbocycles. The third-order valence-electron chi connectivity index (χ3n) is 3.87. The van der Waals surface area contributed by atoms with Crippen molar-refractivity contribution < 1.29 is 4.79 Å². The Hall–Kier alpha value is -0.740. The maximum absolute atomic E-state index is 12.2. The van der Waals surface area contributed by atoms with Crippen LogP contribution in [0, 0.1) is 26.7 Å². The van der Waals surface area contributed by atoms with E-state index in [-0.39, 0.29) is 18.4 Å². The first-order valence-corrected chi connectivity index (χ1v) is 9.30. The maximum Gasteiger partial charge on any atom is 0.224 e. The van der Waals surface area contributed by atoms with Gasteiger partial charge in [0.15, 0.2) is 0 Å². The smallest absolute Gasteiger partial charge is 0.224 e. The Labute approximate surface area is 144 Å². The van der Waals surface area contributed by atoms with Gasteiger partial charge in [-0.1, -0.05) is 12.8 Å². The molecule has 0 spiro atoms. The highest BCUT2D eigenvalue weighted by Crippen LogP contribution is 2.34. The minimum absolute atomic E-state index is 0.0597. The van der Waals surface area contributed by atoms with Crippen LogP contribution in [0.1, 0.15) is 25.7 Å². The van der Waals surface area contributed by atoms with Crippen molar-refractivity contribution in [2.45, 2.75) is 30.6 Å². The van der Waals surface area contributed by atoms with E-state index in [0.717, 1.165) is 25.0 Å². The Kier molecular flexibility index (Phi) is 6.84.